The highest BCUT2D eigenvalue weighted by molar-refractivity contribution is 6.31. The van der Waals surface area contributed by atoms with E-state index in [4.69, 9.17) is 11.6 Å². The van der Waals surface area contributed by atoms with Gasteiger partial charge in [-0.25, -0.2) is 4.39 Å². The van der Waals surface area contributed by atoms with E-state index < -0.39 is 0 Å². The van der Waals surface area contributed by atoms with E-state index in [1.807, 2.05) is 0 Å². The maximum absolute atomic E-state index is 12.9. The third-order valence-electron chi connectivity index (χ3n) is 3.34. The summed E-state index contributed by atoms with van der Waals surface area (Å²) in [5.41, 5.74) is 1.76. The molecule has 2 rings (SSSR count). The SMILES string of the molecule is CC(=O)N(CC(=O)Nc1ccc(F)cc1)c1cccc(Cl)c1C. The van der Waals surface area contributed by atoms with Crippen LogP contribution in [0.15, 0.2) is 42.5 Å². The monoisotopic (exact) mass is 334 g/mol. The molecule has 0 heterocycles. The molecule has 0 fully saturated rings. The predicted octanol–water partition coefficient (Wildman–Crippen LogP) is 3.78. The Hall–Kier alpha value is -2.40. The molecule has 1 N–H and O–H groups in total. The minimum Gasteiger partial charge on any atom is -0.325 e. The van der Waals surface area contributed by atoms with E-state index in [0.717, 1.165) is 5.56 Å². The van der Waals surface area contributed by atoms with Crippen LogP contribution in [0.3, 0.4) is 0 Å². The molecule has 0 aromatic heterocycles. The first kappa shape index (κ1) is 17.0. The minimum atomic E-state index is -0.386. The highest BCUT2D eigenvalue weighted by Crippen LogP contribution is 2.26. The van der Waals surface area contributed by atoms with Crippen LogP contribution in [0.25, 0.3) is 0 Å². The molecule has 0 aliphatic heterocycles. The summed E-state index contributed by atoms with van der Waals surface area (Å²) in [5, 5.41) is 3.15. The van der Waals surface area contributed by atoms with Crippen molar-refractivity contribution in [1.29, 1.82) is 0 Å². The van der Waals surface area contributed by atoms with E-state index in [-0.39, 0.29) is 24.2 Å². The molecule has 2 aromatic rings. The topological polar surface area (TPSA) is 49.4 Å². The molecular weight excluding hydrogens is 319 g/mol. The molecule has 0 aliphatic carbocycles. The van der Waals surface area contributed by atoms with Crippen molar-refractivity contribution in [2.24, 2.45) is 0 Å². The third kappa shape index (κ3) is 4.29. The van der Waals surface area contributed by atoms with Gasteiger partial charge in [-0.2, -0.15) is 0 Å². The Balaban J connectivity index is 2.16. The van der Waals surface area contributed by atoms with Crippen LogP contribution in [0, 0.1) is 12.7 Å². The van der Waals surface area contributed by atoms with Gasteiger partial charge in [0.25, 0.3) is 0 Å². The second kappa shape index (κ2) is 7.24. The summed E-state index contributed by atoms with van der Waals surface area (Å²) in [6, 6.07) is 10.6. The molecule has 2 amide bonds. The first-order chi connectivity index (χ1) is 10.9. The maximum Gasteiger partial charge on any atom is 0.244 e. The molecule has 0 radical (unpaired) electrons. The molecule has 6 heteroatoms. The summed E-state index contributed by atoms with van der Waals surface area (Å²) in [7, 11) is 0. The first-order valence-electron chi connectivity index (χ1n) is 6.97. The summed E-state index contributed by atoms with van der Waals surface area (Å²) in [4.78, 5) is 25.4. The van der Waals surface area contributed by atoms with Crippen LogP contribution >= 0.6 is 11.6 Å². The van der Waals surface area contributed by atoms with Gasteiger partial charge in [0.2, 0.25) is 11.8 Å². The fourth-order valence-corrected chi connectivity index (χ4v) is 2.30. The molecule has 2 aromatic carbocycles. The Kier molecular flexibility index (Phi) is 5.34. The van der Waals surface area contributed by atoms with Crippen LogP contribution in [-0.2, 0) is 9.59 Å². The molecule has 0 spiro atoms. The van der Waals surface area contributed by atoms with Gasteiger partial charge >= 0.3 is 0 Å². The summed E-state index contributed by atoms with van der Waals surface area (Å²) in [6.07, 6.45) is 0. The number of benzene rings is 2. The van der Waals surface area contributed by atoms with Crippen LogP contribution in [-0.4, -0.2) is 18.4 Å². The van der Waals surface area contributed by atoms with E-state index in [2.05, 4.69) is 5.32 Å². The number of carbonyl (C=O) groups is 2. The number of nitrogens with one attached hydrogen (secondary N) is 1. The third-order valence-corrected chi connectivity index (χ3v) is 3.75. The summed E-state index contributed by atoms with van der Waals surface area (Å²) < 4.78 is 12.9. The van der Waals surface area contributed by atoms with E-state index in [1.54, 1.807) is 25.1 Å². The van der Waals surface area contributed by atoms with Crippen molar-refractivity contribution in [3.8, 4) is 0 Å². The molecule has 4 nitrogen and oxygen atoms in total. The number of nitrogens with zero attached hydrogens (tertiary/aromatic N) is 1. The standard InChI is InChI=1S/C17H16ClFN2O2/c1-11-15(18)4-3-5-16(11)21(12(2)22)10-17(23)20-14-8-6-13(19)7-9-14/h3-9H,10H2,1-2H3,(H,20,23). The van der Waals surface area contributed by atoms with E-state index >= 15 is 0 Å². The molecule has 0 unspecified atom stereocenters. The van der Waals surface area contributed by atoms with Gasteiger partial charge in [-0.05, 0) is 48.9 Å². The zero-order valence-electron chi connectivity index (χ0n) is 12.8. The molecule has 0 saturated carbocycles. The van der Waals surface area contributed by atoms with Crippen molar-refractivity contribution >= 4 is 34.8 Å². The maximum atomic E-state index is 12.9. The van der Waals surface area contributed by atoms with E-state index in [9.17, 15) is 14.0 Å². The normalized spacial score (nSPS) is 10.3. The van der Waals surface area contributed by atoms with Crippen molar-refractivity contribution in [2.45, 2.75) is 13.8 Å². The number of anilines is 2. The van der Waals surface area contributed by atoms with Crippen molar-refractivity contribution in [2.75, 3.05) is 16.8 Å². The Bertz CT molecular complexity index is 732. The van der Waals surface area contributed by atoms with Crippen molar-refractivity contribution in [3.63, 3.8) is 0 Å². The van der Waals surface area contributed by atoms with Crippen molar-refractivity contribution < 1.29 is 14.0 Å². The van der Waals surface area contributed by atoms with Gasteiger partial charge < -0.3 is 10.2 Å². The van der Waals surface area contributed by atoms with Gasteiger partial charge in [0.1, 0.15) is 12.4 Å². The number of hydrogen-bond acceptors (Lipinski definition) is 2. The Morgan fingerprint density at radius 2 is 1.83 bits per heavy atom. The highest BCUT2D eigenvalue weighted by Gasteiger charge is 2.18. The fourth-order valence-electron chi connectivity index (χ4n) is 2.13. The quantitative estimate of drug-likeness (QED) is 0.925. The first-order valence-corrected chi connectivity index (χ1v) is 7.35. The lowest BCUT2D eigenvalue weighted by molar-refractivity contribution is -0.120. The van der Waals surface area contributed by atoms with Gasteiger partial charge in [0, 0.05) is 23.3 Å². The van der Waals surface area contributed by atoms with E-state index in [0.29, 0.717) is 16.4 Å². The lowest BCUT2D eigenvalue weighted by atomic mass is 10.1. The molecule has 23 heavy (non-hydrogen) atoms. The number of carbonyl (C=O) groups excluding carboxylic acids is 2. The average Bonchev–Trinajstić information content (AvgIpc) is 2.50. The molecule has 0 aliphatic rings. The van der Waals surface area contributed by atoms with Crippen molar-refractivity contribution in [3.05, 3.63) is 58.9 Å². The van der Waals surface area contributed by atoms with Gasteiger partial charge in [-0.3, -0.25) is 9.59 Å². The Morgan fingerprint density at radius 3 is 2.43 bits per heavy atom. The highest BCUT2D eigenvalue weighted by atomic mass is 35.5. The molecule has 0 atom stereocenters. The average molecular weight is 335 g/mol. The number of hydrogen-bond donors (Lipinski definition) is 1. The van der Waals surface area contributed by atoms with Gasteiger partial charge in [0.15, 0.2) is 0 Å². The zero-order valence-corrected chi connectivity index (χ0v) is 13.5. The second-order valence-corrected chi connectivity index (χ2v) is 5.45. The van der Waals surface area contributed by atoms with Gasteiger partial charge in [0.05, 0.1) is 0 Å². The molecule has 120 valence electrons. The number of rotatable bonds is 4. The smallest absolute Gasteiger partial charge is 0.244 e. The van der Waals surface area contributed by atoms with Gasteiger partial charge in [-0.1, -0.05) is 17.7 Å². The number of amides is 2. The van der Waals surface area contributed by atoms with Crippen LogP contribution < -0.4 is 10.2 Å². The van der Waals surface area contributed by atoms with Gasteiger partial charge in [-0.15, -0.1) is 0 Å². The Labute approximate surface area is 138 Å². The fraction of sp³-hybridized carbons (Fsp3) is 0.176. The predicted molar refractivity (Wildman–Crippen MR) is 89.2 cm³/mol. The Morgan fingerprint density at radius 1 is 1.17 bits per heavy atom. The molecule has 0 saturated heterocycles. The summed E-state index contributed by atoms with van der Waals surface area (Å²) >= 11 is 6.07. The summed E-state index contributed by atoms with van der Waals surface area (Å²) in [6.45, 7) is 3.00. The van der Waals surface area contributed by atoms with Crippen LogP contribution in [0.2, 0.25) is 5.02 Å². The molecular formula is C17H16ClFN2O2. The second-order valence-electron chi connectivity index (χ2n) is 5.04. The zero-order chi connectivity index (χ0) is 17.0. The lowest BCUT2D eigenvalue weighted by Gasteiger charge is -2.23. The lowest BCUT2D eigenvalue weighted by Crippen LogP contribution is -2.37. The minimum absolute atomic E-state index is 0.159. The van der Waals surface area contributed by atoms with E-state index in [1.165, 1.54) is 36.1 Å². The number of halogens is 2. The van der Waals surface area contributed by atoms with Crippen LogP contribution in [0.1, 0.15) is 12.5 Å². The van der Waals surface area contributed by atoms with Crippen molar-refractivity contribution in [1.82, 2.24) is 0 Å². The van der Waals surface area contributed by atoms with Crippen LogP contribution in [0.5, 0.6) is 0 Å². The largest absolute Gasteiger partial charge is 0.325 e. The molecule has 0 bridgehead atoms. The summed E-state index contributed by atoms with van der Waals surface area (Å²) in [5.74, 6) is -1.04. The van der Waals surface area contributed by atoms with Crippen LogP contribution in [0.4, 0.5) is 15.8 Å².